The summed E-state index contributed by atoms with van der Waals surface area (Å²) in [7, 11) is 0. The van der Waals surface area contributed by atoms with E-state index in [1.54, 1.807) is 11.3 Å². The molecule has 0 radical (unpaired) electrons. The summed E-state index contributed by atoms with van der Waals surface area (Å²) in [5.74, 6) is 1.39. The highest BCUT2D eigenvalue weighted by molar-refractivity contribution is 7.09. The number of nitrogens with zero attached hydrogens (tertiary/aromatic N) is 1. The molecule has 0 aromatic carbocycles. The number of aryl methyl sites for hydroxylation is 1. The van der Waals surface area contributed by atoms with E-state index in [1.807, 2.05) is 0 Å². The largest absolute Gasteiger partial charge is 0.314 e. The molecule has 1 rings (SSSR count). The molecular weight excluding hydrogens is 216 g/mol. The van der Waals surface area contributed by atoms with Crippen molar-refractivity contribution in [2.45, 2.75) is 47.1 Å². The van der Waals surface area contributed by atoms with Gasteiger partial charge in [0.25, 0.3) is 0 Å². The van der Waals surface area contributed by atoms with Crippen LogP contribution in [0.5, 0.6) is 0 Å². The van der Waals surface area contributed by atoms with Crippen molar-refractivity contribution in [2.24, 2.45) is 11.8 Å². The lowest BCUT2D eigenvalue weighted by Gasteiger charge is -2.21. The van der Waals surface area contributed by atoms with Crippen molar-refractivity contribution in [3.8, 4) is 0 Å². The Hall–Kier alpha value is -0.410. The van der Waals surface area contributed by atoms with Gasteiger partial charge in [0.05, 0.1) is 10.7 Å². The summed E-state index contributed by atoms with van der Waals surface area (Å²) in [6.45, 7) is 12.2. The van der Waals surface area contributed by atoms with Gasteiger partial charge in [-0.15, -0.1) is 11.3 Å². The molecule has 0 saturated carbocycles. The van der Waals surface area contributed by atoms with Gasteiger partial charge in [0.15, 0.2) is 0 Å². The molecule has 0 aliphatic carbocycles. The van der Waals surface area contributed by atoms with E-state index in [2.05, 4.69) is 50.3 Å². The first kappa shape index (κ1) is 13.7. The Morgan fingerprint density at radius 3 is 2.44 bits per heavy atom. The van der Waals surface area contributed by atoms with Crippen molar-refractivity contribution in [1.82, 2.24) is 10.3 Å². The van der Waals surface area contributed by atoms with Crippen molar-refractivity contribution < 1.29 is 0 Å². The smallest absolute Gasteiger partial charge is 0.0897 e. The van der Waals surface area contributed by atoms with Crippen molar-refractivity contribution >= 4 is 11.3 Å². The number of aromatic nitrogens is 1. The highest BCUT2D eigenvalue weighted by Gasteiger charge is 2.15. The summed E-state index contributed by atoms with van der Waals surface area (Å²) in [6.07, 6.45) is 1.10. The van der Waals surface area contributed by atoms with E-state index in [4.69, 9.17) is 0 Å². The van der Waals surface area contributed by atoms with Crippen molar-refractivity contribution in [2.75, 3.05) is 6.54 Å². The van der Waals surface area contributed by atoms with E-state index < -0.39 is 0 Å². The number of hydrogen-bond acceptors (Lipinski definition) is 3. The molecule has 1 aromatic heterocycles. The quantitative estimate of drug-likeness (QED) is 0.825. The molecule has 0 aliphatic rings. The van der Waals surface area contributed by atoms with Crippen LogP contribution in [0.3, 0.4) is 0 Å². The zero-order chi connectivity index (χ0) is 12.1. The van der Waals surface area contributed by atoms with E-state index >= 15 is 0 Å². The van der Waals surface area contributed by atoms with E-state index in [0.717, 1.165) is 13.0 Å². The highest BCUT2D eigenvalue weighted by Crippen LogP contribution is 2.18. The third-order valence-corrected chi connectivity index (χ3v) is 3.69. The Balaban J connectivity index is 2.51. The number of thiazole rings is 1. The predicted molar refractivity (Wildman–Crippen MR) is 72.0 cm³/mol. The maximum Gasteiger partial charge on any atom is 0.0897 e. The summed E-state index contributed by atoms with van der Waals surface area (Å²) in [5.41, 5.74) is 1.26. The Morgan fingerprint density at radius 2 is 2.00 bits per heavy atom. The Kier molecular flexibility index (Phi) is 5.42. The van der Waals surface area contributed by atoms with Crippen LogP contribution in [0.1, 0.15) is 38.4 Å². The molecule has 0 spiro atoms. The zero-order valence-corrected chi connectivity index (χ0v) is 11.9. The fourth-order valence-electron chi connectivity index (χ4n) is 1.70. The molecule has 1 heterocycles. The number of rotatable bonds is 6. The normalized spacial score (nSPS) is 13.7. The van der Waals surface area contributed by atoms with Gasteiger partial charge in [-0.1, -0.05) is 27.7 Å². The van der Waals surface area contributed by atoms with Crippen molar-refractivity contribution in [1.29, 1.82) is 0 Å². The second-order valence-electron chi connectivity index (χ2n) is 5.13. The van der Waals surface area contributed by atoms with Gasteiger partial charge < -0.3 is 5.32 Å². The van der Waals surface area contributed by atoms with Crippen LogP contribution in [-0.4, -0.2) is 17.6 Å². The summed E-state index contributed by atoms with van der Waals surface area (Å²) in [6, 6.07) is 0.568. The molecule has 0 fully saturated rings. The van der Waals surface area contributed by atoms with Gasteiger partial charge in [-0.3, -0.25) is 0 Å². The van der Waals surface area contributed by atoms with E-state index in [-0.39, 0.29) is 0 Å². The van der Waals surface area contributed by atoms with Gasteiger partial charge in [0, 0.05) is 11.4 Å². The summed E-state index contributed by atoms with van der Waals surface area (Å²) >= 11 is 1.75. The second kappa shape index (κ2) is 6.36. The molecule has 1 aromatic rings. The Labute approximate surface area is 103 Å². The van der Waals surface area contributed by atoms with Crippen LogP contribution in [0, 0.1) is 18.8 Å². The molecule has 2 nitrogen and oxygen atoms in total. The molecule has 16 heavy (non-hydrogen) atoms. The first-order valence-corrected chi connectivity index (χ1v) is 7.01. The predicted octanol–water partition coefficient (Wildman–Crippen LogP) is 3.26. The van der Waals surface area contributed by atoms with Crippen LogP contribution in [0.15, 0.2) is 5.38 Å². The minimum atomic E-state index is 0.568. The fourth-order valence-corrected chi connectivity index (χ4v) is 2.33. The molecule has 1 unspecified atom stereocenters. The maximum atomic E-state index is 4.55. The first-order valence-electron chi connectivity index (χ1n) is 6.13. The molecule has 0 saturated heterocycles. The van der Waals surface area contributed by atoms with Gasteiger partial charge in [0.1, 0.15) is 0 Å². The van der Waals surface area contributed by atoms with Gasteiger partial charge in [-0.2, -0.15) is 0 Å². The maximum absolute atomic E-state index is 4.55. The van der Waals surface area contributed by atoms with Crippen LogP contribution in [0.4, 0.5) is 0 Å². The first-order chi connectivity index (χ1) is 7.49. The average Bonchev–Trinajstić information content (AvgIpc) is 2.57. The zero-order valence-electron chi connectivity index (χ0n) is 11.1. The fraction of sp³-hybridized carbons (Fsp3) is 0.769. The topological polar surface area (TPSA) is 24.9 Å². The summed E-state index contributed by atoms with van der Waals surface area (Å²) < 4.78 is 0. The minimum Gasteiger partial charge on any atom is -0.314 e. The lowest BCUT2D eigenvalue weighted by molar-refractivity contribution is 0.347. The number of nitrogens with one attached hydrogen (secondary N) is 1. The lowest BCUT2D eigenvalue weighted by Crippen LogP contribution is -2.32. The van der Waals surface area contributed by atoms with Crippen molar-refractivity contribution in [3.05, 3.63) is 16.1 Å². The van der Waals surface area contributed by atoms with Crippen LogP contribution in [0.25, 0.3) is 0 Å². The lowest BCUT2D eigenvalue weighted by atomic mass is 9.91. The molecule has 0 bridgehead atoms. The molecule has 1 atom stereocenters. The Bertz CT molecular complexity index is 305. The van der Waals surface area contributed by atoms with Gasteiger partial charge >= 0.3 is 0 Å². The highest BCUT2D eigenvalue weighted by atomic mass is 32.1. The third kappa shape index (κ3) is 4.62. The van der Waals surface area contributed by atoms with E-state index in [0.29, 0.717) is 17.9 Å². The van der Waals surface area contributed by atoms with Crippen LogP contribution >= 0.6 is 11.3 Å². The monoisotopic (exact) mass is 240 g/mol. The molecule has 1 N–H and O–H groups in total. The van der Waals surface area contributed by atoms with Gasteiger partial charge in [0.2, 0.25) is 0 Å². The van der Waals surface area contributed by atoms with E-state index in [1.165, 1.54) is 10.7 Å². The van der Waals surface area contributed by atoms with E-state index in [9.17, 15) is 0 Å². The van der Waals surface area contributed by atoms with Gasteiger partial charge in [-0.05, 0) is 31.7 Å². The van der Waals surface area contributed by atoms with Crippen LogP contribution in [0.2, 0.25) is 0 Å². The van der Waals surface area contributed by atoms with Crippen LogP contribution in [-0.2, 0) is 6.42 Å². The molecule has 92 valence electrons. The van der Waals surface area contributed by atoms with Crippen molar-refractivity contribution in [3.63, 3.8) is 0 Å². The average molecular weight is 240 g/mol. The molecule has 3 heteroatoms. The minimum absolute atomic E-state index is 0.568. The standard InChI is InChI=1S/C13H24N2S/c1-9(2)12(7-14-10(3)4)6-13-8-16-11(5)15-13/h8-10,12,14H,6-7H2,1-5H3. The molecular formula is C13H24N2S. The molecule has 0 amide bonds. The van der Waals surface area contributed by atoms with Gasteiger partial charge in [-0.25, -0.2) is 4.98 Å². The Morgan fingerprint density at radius 1 is 1.31 bits per heavy atom. The SMILES string of the molecule is Cc1nc(CC(CNC(C)C)C(C)C)cs1. The third-order valence-electron chi connectivity index (χ3n) is 2.87. The second-order valence-corrected chi connectivity index (χ2v) is 6.19. The summed E-state index contributed by atoms with van der Waals surface area (Å²) in [4.78, 5) is 4.55. The number of hydrogen-bond donors (Lipinski definition) is 1. The molecule has 0 aliphatic heterocycles. The summed E-state index contributed by atoms with van der Waals surface area (Å²) in [5, 5.41) is 6.90. The van der Waals surface area contributed by atoms with Crippen LogP contribution < -0.4 is 5.32 Å².